The number of likely N-dealkylation sites (tertiary alicyclic amines) is 1. The van der Waals surface area contributed by atoms with Crippen molar-refractivity contribution in [2.24, 2.45) is 11.8 Å². The van der Waals surface area contributed by atoms with Gasteiger partial charge >= 0.3 is 22.6 Å². The summed E-state index contributed by atoms with van der Waals surface area (Å²) in [6.45, 7) is 9.27. The maximum absolute atomic E-state index is 14.8. The third kappa shape index (κ3) is 10.8. The first-order valence-electron chi connectivity index (χ1n) is 20.0. The Hall–Kier alpha value is -4.14. The van der Waals surface area contributed by atoms with Gasteiger partial charge in [-0.2, -0.15) is 21.6 Å². The molecule has 6 rings (SSSR count). The lowest BCUT2D eigenvalue weighted by Gasteiger charge is -2.35. The second-order valence-electron chi connectivity index (χ2n) is 16.8. The predicted octanol–water partition coefficient (Wildman–Crippen LogP) is 5.10. The Kier molecular flexibility index (Phi) is 13.1. The minimum atomic E-state index is -5.05. The Morgan fingerprint density at radius 3 is 2.40 bits per heavy atom. The monoisotopic (exact) mass is 889 g/mol. The van der Waals surface area contributed by atoms with Crippen molar-refractivity contribution in [3.63, 3.8) is 0 Å². The Morgan fingerprint density at radius 2 is 1.80 bits per heavy atom. The number of alkyl halides is 3. The van der Waals surface area contributed by atoms with Crippen LogP contribution in [0.1, 0.15) is 86.0 Å². The van der Waals surface area contributed by atoms with E-state index in [0.29, 0.717) is 54.2 Å². The molecule has 1 aromatic heterocycles. The summed E-state index contributed by atoms with van der Waals surface area (Å²) in [6, 6.07) is 4.17. The van der Waals surface area contributed by atoms with Crippen molar-refractivity contribution in [1.29, 1.82) is 0 Å². The second-order valence-corrected chi connectivity index (χ2v) is 18.5. The third-order valence-electron chi connectivity index (χ3n) is 11.0. The van der Waals surface area contributed by atoms with E-state index >= 15 is 0 Å². The van der Waals surface area contributed by atoms with Crippen LogP contribution in [-0.2, 0) is 38.3 Å². The van der Waals surface area contributed by atoms with Crippen LogP contribution in [0.4, 0.5) is 18.0 Å². The minimum Gasteiger partial charge on any atom is -0.488 e. The molecular weight excluding hydrogens is 839 g/mol. The van der Waals surface area contributed by atoms with Gasteiger partial charge in [-0.15, -0.1) is 0 Å². The van der Waals surface area contributed by atoms with E-state index in [4.69, 9.17) is 34.7 Å². The Bertz CT molecular complexity index is 2080. The van der Waals surface area contributed by atoms with Crippen molar-refractivity contribution in [2.75, 3.05) is 26.4 Å². The molecule has 60 heavy (non-hydrogen) atoms. The number of rotatable bonds is 15. The van der Waals surface area contributed by atoms with E-state index in [-0.39, 0.29) is 44.7 Å². The van der Waals surface area contributed by atoms with E-state index in [1.807, 2.05) is 0 Å². The highest BCUT2D eigenvalue weighted by Gasteiger charge is 2.63. The molecule has 4 amide bonds. The van der Waals surface area contributed by atoms with Crippen molar-refractivity contribution in [3.8, 4) is 11.6 Å². The summed E-state index contributed by atoms with van der Waals surface area (Å²) in [6.07, 6.45) is -7.28. The summed E-state index contributed by atoms with van der Waals surface area (Å²) in [4.78, 5) is 62.0. The summed E-state index contributed by atoms with van der Waals surface area (Å²) in [5, 5.41) is 6.26. The van der Waals surface area contributed by atoms with Gasteiger partial charge in [0.1, 0.15) is 35.1 Å². The largest absolute Gasteiger partial charge is 0.488 e. The number of hydrogen-bond acceptors (Lipinski definition) is 12. The summed E-state index contributed by atoms with van der Waals surface area (Å²) in [7, 11) is -5.05. The van der Waals surface area contributed by atoms with Gasteiger partial charge < -0.3 is 34.5 Å². The first-order valence-corrected chi connectivity index (χ1v) is 21.8. The van der Waals surface area contributed by atoms with Gasteiger partial charge in [-0.05, 0) is 83.8 Å². The molecule has 2 aliphatic heterocycles. The number of para-hydroxylation sites is 1. The fourth-order valence-corrected chi connectivity index (χ4v) is 9.30. The highest BCUT2D eigenvalue weighted by molar-refractivity contribution is 7.85. The van der Waals surface area contributed by atoms with Gasteiger partial charge in [0.15, 0.2) is 0 Å². The zero-order valence-electron chi connectivity index (χ0n) is 34.0. The van der Waals surface area contributed by atoms with Gasteiger partial charge in [0.05, 0.1) is 35.7 Å². The normalized spacial score (nSPS) is 24.6. The number of aromatic nitrogens is 1. The molecule has 3 heterocycles. The quantitative estimate of drug-likeness (QED) is 0.214. The number of pyridine rings is 1. The van der Waals surface area contributed by atoms with Crippen molar-refractivity contribution >= 4 is 56.6 Å². The maximum Gasteiger partial charge on any atom is 0.408 e. The highest BCUT2D eigenvalue weighted by atomic mass is 35.5. The van der Waals surface area contributed by atoms with E-state index < -0.39 is 93.5 Å². The number of amides is 4. The van der Waals surface area contributed by atoms with Crippen LogP contribution >= 0.6 is 11.6 Å². The van der Waals surface area contributed by atoms with Crippen LogP contribution in [0, 0.1) is 11.8 Å². The zero-order chi connectivity index (χ0) is 43.8. The first kappa shape index (κ1) is 45.4. The number of ether oxygens (including phenoxy) is 4. The van der Waals surface area contributed by atoms with Crippen LogP contribution in [0.25, 0.3) is 10.9 Å². The fourth-order valence-electron chi connectivity index (χ4n) is 7.94. The molecule has 2 aromatic rings. The number of alkyl carbamates (subject to hydrolysis) is 1. The van der Waals surface area contributed by atoms with Crippen molar-refractivity contribution in [2.45, 2.75) is 127 Å². The number of carbonyl (C=O) groups excluding carboxylic acids is 4. The van der Waals surface area contributed by atoms with Crippen molar-refractivity contribution in [1.82, 2.24) is 25.2 Å². The second kappa shape index (κ2) is 17.3. The summed E-state index contributed by atoms with van der Waals surface area (Å²) in [5.41, 5.74) is -4.32. The Labute approximate surface area is 351 Å². The minimum absolute atomic E-state index is 0.000248. The van der Waals surface area contributed by atoms with Crippen LogP contribution in [-0.4, -0.2) is 110 Å². The molecule has 2 unspecified atom stereocenters. The number of nitrogens with zero attached hydrogens (tertiary/aromatic N) is 2. The Balaban J connectivity index is 1.30. The van der Waals surface area contributed by atoms with E-state index in [1.165, 1.54) is 4.90 Å². The summed E-state index contributed by atoms with van der Waals surface area (Å²) < 4.78 is 95.3. The molecule has 4 aliphatic rings. The molecule has 3 N–H and O–H groups in total. The molecule has 2 saturated carbocycles. The molecule has 5 atom stereocenters. The van der Waals surface area contributed by atoms with Gasteiger partial charge in [-0.3, -0.25) is 14.4 Å². The smallest absolute Gasteiger partial charge is 0.408 e. The van der Waals surface area contributed by atoms with Crippen LogP contribution in [0.15, 0.2) is 24.3 Å². The molecule has 0 bridgehead atoms. The molecule has 0 radical (unpaired) electrons. The van der Waals surface area contributed by atoms with Crippen LogP contribution in [0.5, 0.6) is 11.6 Å². The van der Waals surface area contributed by atoms with Crippen LogP contribution < -0.4 is 24.8 Å². The molecule has 21 heteroatoms. The maximum atomic E-state index is 14.8. The lowest BCUT2D eigenvalue weighted by molar-refractivity contribution is -0.154. The van der Waals surface area contributed by atoms with E-state index in [2.05, 4.69) is 15.6 Å². The fraction of sp³-hybridized carbons (Fsp3) is 0.667. The van der Waals surface area contributed by atoms with Crippen molar-refractivity contribution in [3.05, 3.63) is 29.3 Å². The number of nitrogens with one attached hydrogen (secondary N) is 3. The van der Waals surface area contributed by atoms with Crippen LogP contribution in [0.3, 0.4) is 0 Å². The number of fused-ring (bicyclic) bond motifs is 1. The van der Waals surface area contributed by atoms with Crippen LogP contribution in [0.2, 0.25) is 5.02 Å². The number of benzene rings is 1. The van der Waals surface area contributed by atoms with E-state index in [9.17, 15) is 40.8 Å². The van der Waals surface area contributed by atoms with Gasteiger partial charge in [0, 0.05) is 31.1 Å². The first-order chi connectivity index (χ1) is 28.1. The molecule has 0 spiro atoms. The topological polar surface area (TPSA) is 201 Å². The van der Waals surface area contributed by atoms with E-state index in [1.54, 1.807) is 63.6 Å². The van der Waals surface area contributed by atoms with Gasteiger partial charge in [-0.1, -0.05) is 31.0 Å². The molecule has 332 valence electrons. The number of halogens is 4. The molecule has 2 aliphatic carbocycles. The average Bonchev–Trinajstić information content (AvgIpc) is 4.02. The van der Waals surface area contributed by atoms with E-state index in [0.717, 1.165) is 0 Å². The van der Waals surface area contributed by atoms with Gasteiger partial charge in [-0.25, -0.2) is 18.7 Å². The SMILES string of the molecule is CCOc1cc(OC2C[C@@H](C(=O)N[C@]3(C(=O)NS(=O)(=O)OC4(CC(F)(F)F)CC4)C[C@H]3CC)N(C(=O)C(NC(=O)OC(C)(C)C)C3CCOCC3)C2)c2cccc(Cl)c2n1. The molecular formula is C39H51ClF3N5O11S. The summed E-state index contributed by atoms with van der Waals surface area (Å²) >= 11 is 6.50. The van der Waals surface area contributed by atoms with Crippen molar-refractivity contribution < 1.29 is 63.9 Å². The molecule has 4 fully saturated rings. The molecule has 2 saturated heterocycles. The molecule has 1 aromatic carbocycles. The molecule has 16 nitrogen and oxygen atoms in total. The number of hydrogen-bond donors (Lipinski definition) is 3. The standard InChI is InChI=1S/C39H51ClF3N5O11S/c1-6-23-19-38(23,34(51)47-60(53,54)59-37(13-14-37)21-39(41,42)43)46-32(49)27-17-24(57-28-18-29(56-7-2)44-31-25(28)9-8-10-26(31)40)20-48(27)33(50)30(22-11-15-55-16-12-22)45-35(52)58-36(3,4)5/h8-10,18,22-24,27,30H,6-7,11-17,19-21H2,1-5H3,(H,45,52)(H,46,49)(H,47,51)/t23-,24?,27+,30?,38-/m1/s1. The van der Waals surface area contributed by atoms with Gasteiger partial charge in [0.25, 0.3) is 5.91 Å². The summed E-state index contributed by atoms with van der Waals surface area (Å²) in [5.74, 6) is -3.11. The predicted molar refractivity (Wildman–Crippen MR) is 209 cm³/mol. The average molecular weight is 890 g/mol. The lowest BCUT2D eigenvalue weighted by atomic mass is 9.90. The highest BCUT2D eigenvalue weighted by Crippen LogP contribution is 2.50. The number of carbonyl (C=O) groups is 4. The third-order valence-corrected chi connectivity index (χ3v) is 12.3. The van der Waals surface area contributed by atoms with Gasteiger partial charge in [0.2, 0.25) is 17.7 Å². The lowest BCUT2D eigenvalue weighted by Crippen LogP contribution is -2.59. The Morgan fingerprint density at radius 1 is 1.10 bits per heavy atom. The zero-order valence-corrected chi connectivity index (χ0v) is 35.6.